The van der Waals surface area contributed by atoms with Crippen molar-refractivity contribution in [3.8, 4) is 6.07 Å². The zero-order chi connectivity index (χ0) is 14.8. The van der Waals surface area contributed by atoms with Crippen molar-refractivity contribution in [3.63, 3.8) is 0 Å². The molecule has 0 amide bonds. The molecule has 0 spiro atoms. The quantitative estimate of drug-likeness (QED) is 0.891. The van der Waals surface area contributed by atoms with Crippen LogP contribution >= 0.6 is 0 Å². The van der Waals surface area contributed by atoms with Gasteiger partial charge in [-0.25, -0.2) is 13.6 Å². The van der Waals surface area contributed by atoms with Crippen molar-refractivity contribution in [2.75, 3.05) is 5.32 Å². The van der Waals surface area contributed by atoms with Crippen molar-refractivity contribution < 1.29 is 12.8 Å². The largest absolute Gasteiger partial charge is 0.449 e. The number of primary sulfonamides is 1. The number of rotatable bonds is 4. The highest BCUT2D eigenvalue weighted by Crippen LogP contribution is 2.19. The summed E-state index contributed by atoms with van der Waals surface area (Å²) in [5.74, 6) is 0.815. The molecule has 20 heavy (non-hydrogen) atoms. The Hall–Kier alpha value is -2.30. The second kappa shape index (κ2) is 5.36. The normalized spacial score (nSPS) is 11.1. The van der Waals surface area contributed by atoms with Gasteiger partial charge in [0.15, 0.2) is 0 Å². The van der Waals surface area contributed by atoms with Crippen LogP contribution in [0.15, 0.2) is 39.6 Å². The monoisotopic (exact) mass is 291 g/mol. The Balaban J connectivity index is 2.17. The van der Waals surface area contributed by atoms with E-state index in [4.69, 9.17) is 14.8 Å². The maximum Gasteiger partial charge on any atom is 0.238 e. The van der Waals surface area contributed by atoms with Crippen LogP contribution in [0.25, 0.3) is 0 Å². The molecule has 0 aliphatic heterocycles. The van der Waals surface area contributed by atoms with Crippen LogP contribution in [-0.4, -0.2) is 8.42 Å². The Morgan fingerprint density at radius 2 is 2.10 bits per heavy atom. The van der Waals surface area contributed by atoms with Gasteiger partial charge in [0.25, 0.3) is 0 Å². The second-order valence-electron chi connectivity index (χ2n) is 4.26. The smallest absolute Gasteiger partial charge is 0.238 e. The SMILES string of the molecule is Cc1ccc(NCc2ccc(C#N)o2)cc1S(N)(=O)=O. The summed E-state index contributed by atoms with van der Waals surface area (Å²) in [5.41, 5.74) is 1.19. The van der Waals surface area contributed by atoms with E-state index in [0.29, 0.717) is 23.6 Å². The van der Waals surface area contributed by atoms with Crippen molar-refractivity contribution in [2.24, 2.45) is 5.14 Å². The molecule has 2 aromatic rings. The van der Waals surface area contributed by atoms with Gasteiger partial charge in [-0.3, -0.25) is 0 Å². The first-order valence-electron chi connectivity index (χ1n) is 5.76. The van der Waals surface area contributed by atoms with Gasteiger partial charge in [0.2, 0.25) is 15.8 Å². The molecule has 1 aromatic carbocycles. The summed E-state index contributed by atoms with van der Waals surface area (Å²) in [4.78, 5) is 0.0830. The van der Waals surface area contributed by atoms with Crippen LogP contribution in [0.5, 0.6) is 0 Å². The van der Waals surface area contributed by atoms with E-state index in [0.717, 1.165) is 0 Å². The van der Waals surface area contributed by atoms with Crippen molar-refractivity contribution in [1.29, 1.82) is 5.26 Å². The Morgan fingerprint density at radius 1 is 1.35 bits per heavy atom. The number of nitriles is 1. The fraction of sp³-hybridized carbons (Fsp3) is 0.154. The molecule has 1 aromatic heterocycles. The molecule has 0 unspecified atom stereocenters. The molecule has 0 fully saturated rings. The molecule has 2 rings (SSSR count). The van der Waals surface area contributed by atoms with Crippen LogP contribution < -0.4 is 10.5 Å². The van der Waals surface area contributed by atoms with Gasteiger partial charge < -0.3 is 9.73 Å². The van der Waals surface area contributed by atoms with E-state index in [9.17, 15) is 8.42 Å². The highest BCUT2D eigenvalue weighted by molar-refractivity contribution is 7.89. The molecule has 0 radical (unpaired) electrons. The lowest BCUT2D eigenvalue weighted by atomic mass is 10.2. The number of furan rings is 1. The van der Waals surface area contributed by atoms with Gasteiger partial charge in [0, 0.05) is 5.69 Å². The first kappa shape index (κ1) is 14.1. The molecule has 0 saturated carbocycles. The van der Waals surface area contributed by atoms with Gasteiger partial charge in [-0.1, -0.05) is 6.07 Å². The number of nitrogens with one attached hydrogen (secondary N) is 1. The van der Waals surface area contributed by atoms with Gasteiger partial charge in [-0.05, 0) is 36.8 Å². The minimum absolute atomic E-state index is 0.0830. The summed E-state index contributed by atoms with van der Waals surface area (Å²) in [6, 6.07) is 10.0. The van der Waals surface area contributed by atoms with Crippen LogP contribution in [0.3, 0.4) is 0 Å². The molecular formula is C13H13N3O3S. The number of benzene rings is 1. The van der Waals surface area contributed by atoms with Crippen molar-refractivity contribution >= 4 is 15.7 Å². The van der Waals surface area contributed by atoms with Crippen LogP contribution in [0.1, 0.15) is 17.1 Å². The molecule has 3 N–H and O–H groups in total. The topological polar surface area (TPSA) is 109 Å². The van der Waals surface area contributed by atoms with E-state index in [1.54, 1.807) is 31.2 Å². The number of anilines is 1. The molecule has 6 nitrogen and oxygen atoms in total. The average Bonchev–Trinajstić information content (AvgIpc) is 2.84. The number of sulfonamides is 1. The Bertz CT molecular complexity index is 772. The highest BCUT2D eigenvalue weighted by Gasteiger charge is 2.12. The fourth-order valence-electron chi connectivity index (χ4n) is 1.74. The zero-order valence-corrected chi connectivity index (χ0v) is 11.6. The maximum absolute atomic E-state index is 11.4. The Labute approximate surface area is 116 Å². The predicted octanol–water partition coefficient (Wildman–Crippen LogP) is 1.72. The molecule has 0 aliphatic rings. The molecule has 0 saturated heterocycles. The number of nitrogens with two attached hydrogens (primary N) is 1. The first-order chi connectivity index (χ1) is 9.40. The lowest BCUT2D eigenvalue weighted by Crippen LogP contribution is -2.14. The number of aryl methyl sites for hydroxylation is 1. The van der Waals surface area contributed by atoms with Gasteiger partial charge in [-0.2, -0.15) is 5.26 Å². The maximum atomic E-state index is 11.4. The van der Waals surface area contributed by atoms with E-state index in [2.05, 4.69) is 5.32 Å². The Kier molecular flexibility index (Phi) is 3.79. The molecule has 7 heteroatoms. The predicted molar refractivity (Wildman–Crippen MR) is 73.3 cm³/mol. The van der Waals surface area contributed by atoms with Gasteiger partial charge in [0.1, 0.15) is 11.8 Å². The number of hydrogen-bond donors (Lipinski definition) is 2. The lowest BCUT2D eigenvalue weighted by molar-refractivity contribution is 0.506. The summed E-state index contributed by atoms with van der Waals surface area (Å²) >= 11 is 0. The number of hydrogen-bond acceptors (Lipinski definition) is 5. The van der Waals surface area contributed by atoms with Gasteiger partial charge in [-0.15, -0.1) is 0 Å². The molecular weight excluding hydrogens is 278 g/mol. The van der Waals surface area contributed by atoms with E-state index in [-0.39, 0.29) is 10.7 Å². The lowest BCUT2D eigenvalue weighted by Gasteiger charge is -2.08. The first-order valence-corrected chi connectivity index (χ1v) is 7.31. The minimum Gasteiger partial charge on any atom is -0.449 e. The van der Waals surface area contributed by atoms with Crippen LogP contribution in [0.2, 0.25) is 0 Å². The van der Waals surface area contributed by atoms with E-state index >= 15 is 0 Å². The Morgan fingerprint density at radius 3 is 2.70 bits per heavy atom. The average molecular weight is 291 g/mol. The van der Waals surface area contributed by atoms with E-state index in [1.165, 1.54) is 6.07 Å². The highest BCUT2D eigenvalue weighted by atomic mass is 32.2. The fourth-order valence-corrected chi connectivity index (χ4v) is 2.55. The van der Waals surface area contributed by atoms with Gasteiger partial charge in [0.05, 0.1) is 11.4 Å². The third-order valence-electron chi connectivity index (χ3n) is 2.73. The minimum atomic E-state index is -3.75. The summed E-state index contributed by atoms with van der Waals surface area (Å²) < 4.78 is 28.0. The summed E-state index contributed by atoms with van der Waals surface area (Å²) in [5, 5.41) is 16.8. The molecule has 1 heterocycles. The number of nitrogens with zero attached hydrogens (tertiary/aromatic N) is 1. The third kappa shape index (κ3) is 3.17. The second-order valence-corrected chi connectivity index (χ2v) is 5.79. The van der Waals surface area contributed by atoms with E-state index in [1.807, 2.05) is 6.07 Å². The molecule has 104 valence electrons. The van der Waals surface area contributed by atoms with Crippen molar-refractivity contribution in [3.05, 3.63) is 47.4 Å². The van der Waals surface area contributed by atoms with Crippen LogP contribution in [0, 0.1) is 18.3 Å². The van der Waals surface area contributed by atoms with Crippen LogP contribution in [-0.2, 0) is 16.6 Å². The van der Waals surface area contributed by atoms with Crippen molar-refractivity contribution in [1.82, 2.24) is 0 Å². The zero-order valence-electron chi connectivity index (χ0n) is 10.8. The summed E-state index contributed by atoms with van der Waals surface area (Å²) in [6.45, 7) is 2.02. The summed E-state index contributed by atoms with van der Waals surface area (Å²) in [6.07, 6.45) is 0. The summed E-state index contributed by atoms with van der Waals surface area (Å²) in [7, 11) is -3.75. The standard InChI is InChI=1S/C13H13N3O3S/c1-9-2-3-10(6-13(9)20(15,17)18)16-8-12-5-4-11(7-14)19-12/h2-6,16H,8H2,1H3,(H2,15,17,18). The van der Waals surface area contributed by atoms with Crippen LogP contribution in [0.4, 0.5) is 5.69 Å². The molecule has 0 aliphatic carbocycles. The van der Waals surface area contributed by atoms with Gasteiger partial charge >= 0.3 is 0 Å². The van der Waals surface area contributed by atoms with Crippen molar-refractivity contribution in [2.45, 2.75) is 18.4 Å². The molecule has 0 bridgehead atoms. The van der Waals surface area contributed by atoms with E-state index < -0.39 is 10.0 Å². The third-order valence-corrected chi connectivity index (χ3v) is 3.79. The molecule has 0 atom stereocenters.